The van der Waals surface area contributed by atoms with Gasteiger partial charge in [-0.05, 0) is 34.1 Å². The molecule has 8 heteroatoms. The number of rotatable bonds is 3. The molecule has 0 aliphatic carbocycles. The van der Waals surface area contributed by atoms with Gasteiger partial charge in [0.1, 0.15) is 0 Å². The van der Waals surface area contributed by atoms with Gasteiger partial charge in [-0.2, -0.15) is 0 Å². The molecule has 2 rings (SSSR count). The van der Waals surface area contributed by atoms with Crippen molar-refractivity contribution >= 4 is 39.5 Å². The number of methoxy groups -OCH3 is 1. The smallest absolute Gasteiger partial charge is 0.350 e. The van der Waals surface area contributed by atoms with E-state index in [2.05, 4.69) is 26.0 Å². The number of carbonyl (C=O) groups excluding carboxylic acids is 3. The van der Waals surface area contributed by atoms with Crippen molar-refractivity contribution in [1.82, 2.24) is 0 Å². The SMILES string of the molecule is COC(=O)c1ccc(NC=C2C(=O)OC(C)(C)OC2=O)cc1Br. The molecule has 1 heterocycles. The lowest BCUT2D eigenvalue weighted by atomic mass is 10.2. The van der Waals surface area contributed by atoms with Gasteiger partial charge < -0.3 is 19.5 Å². The lowest BCUT2D eigenvalue weighted by Crippen LogP contribution is -2.42. The van der Waals surface area contributed by atoms with E-state index in [1.54, 1.807) is 12.1 Å². The highest BCUT2D eigenvalue weighted by molar-refractivity contribution is 9.10. The highest BCUT2D eigenvalue weighted by Gasteiger charge is 2.38. The summed E-state index contributed by atoms with van der Waals surface area (Å²) in [5.74, 6) is -3.31. The van der Waals surface area contributed by atoms with Gasteiger partial charge in [-0.15, -0.1) is 0 Å². The Balaban J connectivity index is 2.17. The summed E-state index contributed by atoms with van der Waals surface area (Å²) < 4.78 is 15.1. The molecule has 0 radical (unpaired) electrons. The summed E-state index contributed by atoms with van der Waals surface area (Å²) in [6.45, 7) is 2.94. The molecule has 0 saturated carbocycles. The summed E-state index contributed by atoms with van der Waals surface area (Å²) in [4.78, 5) is 35.1. The average molecular weight is 384 g/mol. The zero-order chi connectivity index (χ0) is 17.2. The minimum atomic E-state index is -1.28. The van der Waals surface area contributed by atoms with Crippen LogP contribution >= 0.6 is 15.9 Å². The zero-order valence-electron chi connectivity index (χ0n) is 12.6. The van der Waals surface area contributed by atoms with Crippen LogP contribution in [0.3, 0.4) is 0 Å². The lowest BCUT2D eigenvalue weighted by Gasteiger charge is -2.29. The molecular formula is C15H14BrNO6. The topological polar surface area (TPSA) is 90.9 Å². The highest BCUT2D eigenvalue weighted by atomic mass is 79.9. The Morgan fingerprint density at radius 3 is 2.39 bits per heavy atom. The van der Waals surface area contributed by atoms with Crippen LogP contribution in [0.1, 0.15) is 24.2 Å². The van der Waals surface area contributed by atoms with E-state index in [-0.39, 0.29) is 5.57 Å². The van der Waals surface area contributed by atoms with Gasteiger partial charge in [0, 0.05) is 30.2 Å². The number of anilines is 1. The van der Waals surface area contributed by atoms with Crippen molar-refractivity contribution < 1.29 is 28.6 Å². The Morgan fingerprint density at radius 1 is 1.26 bits per heavy atom. The quantitative estimate of drug-likeness (QED) is 0.486. The Morgan fingerprint density at radius 2 is 1.87 bits per heavy atom. The van der Waals surface area contributed by atoms with E-state index in [0.29, 0.717) is 15.7 Å². The summed E-state index contributed by atoms with van der Waals surface area (Å²) in [5, 5.41) is 2.78. The summed E-state index contributed by atoms with van der Waals surface area (Å²) in [7, 11) is 1.28. The first-order valence-electron chi connectivity index (χ1n) is 6.55. The van der Waals surface area contributed by atoms with Crippen LogP contribution in [-0.2, 0) is 23.8 Å². The van der Waals surface area contributed by atoms with E-state index in [1.807, 2.05) is 0 Å². The molecule has 23 heavy (non-hydrogen) atoms. The van der Waals surface area contributed by atoms with Crippen LogP contribution in [-0.4, -0.2) is 30.8 Å². The molecule has 1 aromatic rings. The van der Waals surface area contributed by atoms with Crippen LogP contribution in [0.25, 0.3) is 0 Å². The normalized spacial score (nSPS) is 16.3. The molecule has 0 atom stereocenters. The molecule has 1 N–H and O–H groups in total. The molecular weight excluding hydrogens is 370 g/mol. The number of carbonyl (C=O) groups is 3. The van der Waals surface area contributed by atoms with Crippen molar-refractivity contribution in [3.8, 4) is 0 Å². The Kier molecular flexibility index (Phi) is 4.74. The highest BCUT2D eigenvalue weighted by Crippen LogP contribution is 2.24. The molecule has 7 nitrogen and oxygen atoms in total. The predicted octanol–water partition coefficient (Wildman–Crippen LogP) is 2.37. The number of hydrogen-bond acceptors (Lipinski definition) is 7. The maximum Gasteiger partial charge on any atom is 0.350 e. The van der Waals surface area contributed by atoms with Crippen molar-refractivity contribution in [2.45, 2.75) is 19.6 Å². The molecule has 0 amide bonds. The van der Waals surface area contributed by atoms with E-state index in [4.69, 9.17) is 9.47 Å². The maximum absolute atomic E-state index is 11.8. The fourth-order valence-corrected chi connectivity index (χ4v) is 2.36. The fraction of sp³-hybridized carbons (Fsp3) is 0.267. The second-order valence-electron chi connectivity index (χ2n) is 5.07. The predicted molar refractivity (Wildman–Crippen MR) is 83.5 cm³/mol. The van der Waals surface area contributed by atoms with Crippen molar-refractivity contribution in [2.24, 2.45) is 0 Å². The largest absolute Gasteiger partial charge is 0.465 e. The van der Waals surface area contributed by atoms with E-state index in [9.17, 15) is 14.4 Å². The first kappa shape index (κ1) is 17.0. The molecule has 0 bridgehead atoms. The molecule has 1 aromatic carbocycles. The van der Waals surface area contributed by atoms with E-state index >= 15 is 0 Å². The monoisotopic (exact) mass is 383 g/mol. The van der Waals surface area contributed by atoms with Crippen molar-refractivity contribution in [3.63, 3.8) is 0 Å². The molecule has 1 aliphatic rings. The van der Waals surface area contributed by atoms with Crippen LogP contribution in [0.5, 0.6) is 0 Å². The van der Waals surface area contributed by atoms with Gasteiger partial charge in [0.25, 0.3) is 5.79 Å². The zero-order valence-corrected chi connectivity index (χ0v) is 14.2. The van der Waals surface area contributed by atoms with E-state index in [0.717, 1.165) is 0 Å². The molecule has 0 unspecified atom stereocenters. The summed E-state index contributed by atoms with van der Waals surface area (Å²) in [5.41, 5.74) is 0.642. The molecule has 1 fully saturated rings. The van der Waals surface area contributed by atoms with Crippen LogP contribution in [0, 0.1) is 0 Å². The average Bonchev–Trinajstić information content (AvgIpc) is 2.44. The van der Waals surface area contributed by atoms with Gasteiger partial charge in [-0.25, -0.2) is 14.4 Å². The van der Waals surface area contributed by atoms with Gasteiger partial charge in [0.15, 0.2) is 5.57 Å². The Hall–Kier alpha value is -2.35. The third-order valence-electron chi connectivity index (χ3n) is 2.87. The summed E-state index contributed by atoms with van der Waals surface area (Å²) in [6, 6.07) is 4.74. The lowest BCUT2D eigenvalue weighted by molar-refractivity contribution is -0.222. The third kappa shape index (κ3) is 3.89. The van der Waals surface area contributed by atoms with Gasteiger partial charge in [-0.3, -0.25) is 0 Å². The minimum Gasteiger partial charge on any atom is -0.465 e. The number of cyclic esters (lactones) is 2. The number of ether oxygens (including phenoxy) is 3. The molecule has 0 aromatic heterocycles. The maximum atomic E-state index is 11.8. The van der Waals surface area contributed by atoms with Gasteiger partial charge in [-0.1, -0.05) is 0 Å². The summed E-state index contributed by atoms with van der Waals surface area (Å²) >= 11 is 3.25. The van der Waals surface area contributed by atoms with Crippen LogP contribution in [0.2, 0.25) is 0 Å². The van der Waals surface area contributed by atoms with Crippen molar-refractivity contribution in [2.75, 3.05) is 12.4 Å². The Bertz CT molecular complexity index is 688. The van der Waals surface area contributed by atoms with Gasteiger partial charge in [0.2, 0.25) is 0 Å². The first-order chi connectivity index (χ1) is 10.7. The molecule has 1 aliphatic heterocycles. The van der Waals surface area contributed by atoms with E-state index < -0.39 is 23.7 Å². The van der Waals surface area contributed by atoms with E-state index in [1.165, 1.54) is 33.2 Å². The van der Waals surface area contributed by atoms with Crippen LogP contribution in [0.4, 0.5) is 5.69 Å². The molecule has 0 spiro atoms. The minimum absolute atomic E-state index is 0.252. The number of hydrogen-bond donors (Lipinski definition) is 1. The summed E-state index contributed by atoms with van der Waals surface area (Å²) in [6.07, 6.45) is 1.19. The third-order valence-corrected chi connectivity index (χ3v) is 3.53. The molecule has 122 valence electrons. The number of halogens is 1. The number of nitrogens with one attached hydrogen (secondary N) is 1. The first-order valence-corrected chi connectivity index (χ1v) is 7.34. The standard InChI is InChI=1S/C15H14BrNO6/c1-15(2)22-13(19)10(14(20)23-15)7-17-8-4-5-9(11(16)6-8)12(18)21-3/h4-7,17H,1-3H3. The van der Waals surface area contributed by atoms with Gasteiger partial charge in [0.05, 0.1) is 12.7 Å². The van der Waals surface area contributed by atoms with Crippen molar-refractivity contribution in [1.29, 1.82) is 0 Å². The second kappa shape index (κ2) is 6.41. The van der Waals surface area contributed by atoms with Gasteiger partial charge >= 0.3 is 17.9 Å². The Labute approximate surface area is 140 Å². The number of benzene rings is 1. The number of esters is 3. The van der Waals surface area contributed by atoms with Crippen molar-refractivity contribution in [3.05, 3.63) is 40.0 Å². The second-order valence-corrected chi connectivity index (χ2v) is 5.92. The van der Waals surface area contributed by atoms with Crippen LogP contribution < -0.4 is 5.32 Å². The molecule has 1 saturated heterocycles. The van der Waals surface area contributed by atoms with Crippen LogP contribution in [0.15, 0.2) is 34.4 Å². The fourth-order valence-electron chi connectivity index (χ4n) is 1.81.